The predicted octanol–water partition coefficient (Wildman–Crippen LogP) is -1.18. The highest BCUT2D eigenvalue weighted by Gasteiger charge is 2.28. The Morgan fingerprint density at radius 1 is 1.47 bits per heavy atom. The summed E-state index contributed by atoms with van der Waals surface area (Å²) >= 11 is 0. The van der Waals surface area contributed by atoms with Gasteiger partial charge in [-0.2, -0.15) is 0 Å². The molecule has 17 heavy (non-hydrogen) atoms. The molecule has 96 valence electrons. The predicted molar refractivity (Wildman–Crippen MR) is 57.3 cm³/mol. The number of carbonyl (C=O) groups excluding carboxylic acids is 2. The van der Waals surface area contributed by atoms with Crippen LogP contribution in [0.5, 0.6) is 0 Å². The van der Waals surface area contributed by atoms with Gasteiger partial charge in [-0.3, -0.25) is 14.4 Å². The van der Waals surface area contributed by atoms with E-state index in [1.54, 1.807) is 0 Å². The molecule has 1 heterocycles. The Bertz CT molecular complexity index is 318. The van der Waals surface area contributed by atoms with Gasteiger partial charge in [-0.25, -0.2) is 0 Å². The van der Waals surface area contributed by atoms with E-state index < -0.39 is 12.0 Å². The van der Waals surface area contributed by atoms with Gasteiger partial charge in [0.05, 0.1) is 32.2 Å². The van der Waals surface area contributed by atoms with E-state index in [9.17, 15) is 14.4 Å². The van der Waals surface area contributed by atoms with E-state index in [1.165, 1.54) is 11.8 Å². The van der Waals surface area contributed by atoms with Crippen molar-refractivity contribution < 1.29 is 24.2 Å². The second kappa shape index (κ2) is 6.19. The fourth-order valence-electron chi connectivity index (χ4n) is 1.66. The number of aliphatic carboxylic acids is 1. The Balaban J connectivity index is 2.54. The zero-order chi connectivity index (χ0) is 12.8. The highest BCUT2D eigenvalue weighted by molar-refractivity contribution is 5.84. The fraction of sp³-hybridized carbons (Fsp3) is 0.700. The Morgan fingerprint density at radius 2 is 2.18 bits per heavy atom. The number of ether oxygens (including phenoxy) is 1. The van der Waals surface area contributed by atoms with Crippen molar-refractivity contribution in [1.29, 1.82) is 0 Å². The molecule has 0 bridgehead atoms. The Kier molecular flexibility index (Phi) is 4.89. The minimum atomic E-state index is -0.974. The highest BCUT2D eigenvalue weighted by atomic mass is 16.5. The van der Waals surface area contributed by atoms with Crippen molar-refractivity contribution in [3.8, 4) is 0 Å². The second-order valence-electron chi connectivity index (χ2n) is 3.82. The topological polar surface area (TPSA) is 95.9 Å². The number of morpholine rings is 1. The summed E-state index contributed by atoms with van der Waals surface area (Å²) < 4.78 is 5.14. The third kappa shape index (κ3) is 4.39. The molecule has 2 amide bonds. The smallest absolute Gasteiger partial charge is 0.305 e. The quantitative estimate of drug-likeness (QED) is 0.649. The van der Waals surface area contributed by atoms with Gasteiger partial charge in [-0.15, -0.1) is 0 Å². The molecule has 0 aromatic carbocycles. The molecule has 1 unspecified atom stereocenters. The van der Waals surface area contributed by atoms with E-state index in [1.807, 2.05) is 0 Å². The van der Waals surface area contributed by atoms with Gasteiger partial charge in [0.25, 0.3) is 0 Å². The first-order valence-electron chi connectivity index (χ1n) is 5.34. The van der Waals surface area contributed by atoms with Crippen LogP contribution in [0.3, 0.4) is 0 Å². The third-order valence-corrected chi connectivity index (χ3v) is 2.45. The van der Waals surface area contributed by atoms with E-state index in [-0.39, 0.29) is 31.4 Å². The van der Waals surface area contributed by atoms with Crippen molar-refractivity contribution >= 4 is 17.8 Å². The lowest BCUT2D eigenvalue weighted by Gasteiger charge is -2.34. The summed E-state index contributed by atoms with van der Waals surface area (Å²) in [6, 6.07) is -0.456. The van der Waals surface area contributed by atoms with Crippen LogP contribution in [0.15, 0.2) is 0 Å². The number of rotatable bonds is 4. The third-order valence-electron chi connectivity index (χ3n) is 2.45. The van der Waals surface area contributed by atoms with Gasteiger partial charge < -0.3 is 20.1 Å². The number of hydrogen-bond donors (Lipinski definition) is 2. The molecular weight excluding hydrogens is 228 g/mol. The molecule has 0 aromatic heterocycles. The van der Waals surface area contributed by atoms with Crippen molar-refractivity contribution in [2.45, 2.75) is 19.4 Å². The van der Waals surface area contributed by atoms with Crippen LogP contribution < -0.4 is 5.32 Å². The van der Waals surface area contributed by atoms with Gasteiger partial charge in [0.15, 0.2) is 0 Å². The first kappa shape index (κ1) is 13.4. The van der Waals surface area contributed by atoms with Crippen LogP contribution in [-0.2, 0) is 19.1 Å². The number of carbonyl (C=O) groups is 3. The largest absolute Gasteiger partial charge is 0.481 e. The lowest BCUT2D eigenvalue weighted by Crippen LogP contribution is -2.52. The maximum Gasteiger partial charge on any atom is 0.305 e. The van der Waals surface area contributed by atoms with E-state index in [0.717, 1.165) is 0 Å². The molecule has 0 aromatic rings. The van der Waals surface area contributed by atoms with Crippen LogP contribution in [0.2, 0.25) is 0 Å². The molecular formula is C10H16N2O5. The number of hydrogen-bond acceptors (Lipinski definition) is 4. The Hall–Kier alpha value is -1.63. The summed E-state index contributed by atoms with van der Waals surface area (Å²) in [6.45, 7) is 2.18. The first-order chi connectivity index (χ1) is 8.00. The molecule has 2 N–H and O–H groups in total. The average molecular weight is 244 g/mol. The van der Waals surface area contributed by atoms with Gasteiger partial charge in [-0.1, -0.05) is 0 Å². The highest BCUT2D eigenvalue weighted by Crippen LogP contribution is 2.10. The molecule has 1 atom stereocenters. The molecule has 1 aliphatic rings. The summed E-state index contributed by atoms with van der Waals surface area (Å²) in [7, 11) is 0. The lowest BCUT2D eigenvalue weighted by molar-refractivity contribution is -0.146. The SMILES string of the molecule is CC(=O)NCC(=O)N1CCOCC1CC(=O)O. The molecule has 1 aliphatic heterocycles. The van der Waals surface area contributed by atoms with Crippen molar-refractivity contribution in [2.24, 2.45) is 0 Å². The zero-order valence-corrected chi connectivity index (χ0v) is 9.64. The number of carboxylic acids is 1. The normalized spacial score (nSPS) is 19.8. The number of nitrogens with one attached hydrogen (secondary N) is 1. The van der Waals surface area contributed by atoms with Crippen LogP contribution in [0.25, 0.3) is 0 Å². The Morgan fingerprint density at radius 3 is 2.76 bits per heavy atom. The van der Waals surface area contributed by atoms with Gasteiger partial charge in [0, 0.05) is 13.5 Å². The van der Waals surface area contributed by atoms with Crippen LogP contribution >= 0.6 is 0 Å². The van der Waals surface area contributed by atoms with E-state index in [0.29, 0.717) is 13.2 Å². The van der Waals surface area contributed by atoms with Crippen molar-refractivity contribution in [3.05, 3.63) is 0 Å². The van der Waals surface area contributed by atoms with E-state index >= 15 is 0 Å². The molecule has 0 aliphatic carbocycles. The summed E-state index contributed by atoms with van der Waals surface area (Å²) in [6.07, 6.45) is -0.147. The molecule has 1 fully saturated rings. The number of amides is 2. The van der Waals surface area contributed by atoms with Crippen molar-refractivity contribution in [3.63, 3.8) is 0 Å². The van der Waals surface area contributed by atoms with Gasteiger partial charge in [0.1, 0.15) is 0 Å². The molecule has 0 spiro atoms. The Labute approximate surface area is 98.7 Å². The van der Waals surface area contributed by atoms with Crippen LogP contribution in [0, 0.1) is 0 Å². The van der Waals surface area contributed by atoms with Gasteiger partial charge >= 0.3 is 5.97 Å². The summed E-state index contributed by atoms with van der Waals surface area (Å²) in [5.74, 6) is -1.55. The number of carboxylic acid groups (broad SMARTS) is 1. The van der Waals surface area contributed by atoms with Gasteiger partial charge in [-0.05, 0) is 0 Å². The van der Waals surface area contributed by atoms with E-state index in [2.05, 4.69) is 5.32 Å². The molecule has 0 radical (unpaired) electrons. The standard InChI is InChI=1S/C10H16N2O5/c1-7(13)11-5-9(14)12-2-3-17-6-8(12)4-10(15)16/h8H,2-6H2,1H3,(H,11,13)(H,15,16). The fourth-order valence-corrected chi connectivity index (χ4v) is 1.66. The second-order valence-corrected chi connectivity index (χ2v) is 3.82. The van der Waals surface area contributed by atoms with Crippen LogP contribution in [-0.4, -0.2) is 60.1 Å². The minimum Gasteiger partial charge on any atom is -0.481 e. The summed E-state index contributed by atoms with van der Waals surface area (Å²) in [5.41, 5.74) is 0. The maximum atomic E-state index is 11.8. The van der Waals surface area contributed by atoms with E-state index in [4.69, 9.17) is 9.84 Å². The number of nitrogens with zero attached hydrogens (tertiary/aromatic N) is 1. The van der Waals surface area contributed by atoms with Crippen molar-refractivity contribution in [2.75, 3.05) is 26.3 Å². The molecule has 7 nitrogen and oxygen atoms in total. The molecule has 1 saturated heterocycles. The average Bonchev–Trinajstić information content (AvgIpc) is 2.25. The van der Waals surface area contributed by atoms with Gasteiger partial charge in [0.2, 0.25) is 11.8 Å². The summed E-state index contributed by atoms with van der Waals surface area (Å²) in [4.78, 5) is 34.5. The lowest BCUT2D eigenvalue weighted by atomic mass is 10.1. The first-order valence-corrected chi connectivity index (χ1v) is 5.34. The molecule has 0 saturated carbocycles. The van der Waals surface area contributed by atoms with Crippen molar-refractivity contribution in [1.82, 2.24) is 10.2 Å². The molecule has 1 rings (SSSR count). The maximum absolute atomic E-state index is 11.8. The zero-order valence-electron chi connectivity index (χ0n) is 9.64. The summed E-state index contributed by atoms with van der Waals surface area (Å²) in [5, 5.41) is 11.1. The minimum absolute atomic E-state index is 0.106. The monoisotopic (exact) mass is 244 g/mol. The van der Waals surface area contributed by atoms with Crippen LogP contribution in [0.4, 0.5) is 0 Å². The van der Waals surface area contributed by atoms with Crippen LogP contribution in [0.1, 0.15) is 13.3 Å². The molecule has 7 heteroatoms.